The standard InChI is InChI=1S/C15H10N6O3/c16-13-15-18-14(12-5-2-6-24-12)19-20(15)8-11(17-13)9-3-1-4-10(7-9)21(22)23/h1-8H,(H2,16,17). The number of rotatable bonds is 3. The number of nitrogen functional groups attached to an aromatic ring is 1. The van der Waals surface area contributed by atoms with E-state index in [4.69, 9.17) is 10.2 Å². The molecule has 0 bridgehead atoms. The van der Waals surface area contributed by atoms with Gasteiger partial charge in [-0.3, -0.25) is 10.1 Å². The second-order valence-corrected chi connectivity index (χ2v) is 5.00. The molecule has 3 aromatic heterocycles. The molecule has 0 saturated heterocycles. The molecule has 24 heavy (non-hydrogen) atoms. The highest BCUT2D eigenvalue weighted by molar-refractivity contribution is 5.69. The molecule has 0 saturated carbocycles. The molecule has 9 heteroatoms. The number of benzene rings is 1. The summed E-state index contributed by atoms with van der Waals surface area (Å²) in [5.41, 5.74) is 7.34. The van der Waals surface area contributed by atoms with E-state index in [1.54, 1.807) is 30.5 Å². The van der Waals surface area contributed by atoms with E-state index in [1.165, 1.54) is 22.9 Å². The molecule has 0 amide bonds. The van der Waals surface area contributed by atoms with E-state index in [9.17, 15) is 10.1 Å². The Balaban J connectivity index is 1.86. The fourth-order valence-electron chi connectivity index (χ4n) is 2.34. The average Bonchev–Trinajstić information content (AvgIpc) is 3.24. The van der Waals surface area contributed by atoms with Crippen molar-refractivity contribution in [2.24, 2.45) is 0 Å². The molecular weight excluding hydrogens is 312 g/mol. The SMILES string of the molecule is Nc1nc(-c2cccc([N+](=O)[O-])c2)cn2nc(-c3ccco3)nc12. The molecule has 4 rings (SSSR count). The van der Waals surface area contributed by atoms with Crippen LogP contribution in [0.5, 0.6) is 0 Å². The van der Waals surface area contributed by atoms with E-state index in [1.807, 2.05) is 0 Å². The number of hydrogen-bond acceptors (Lipinski definition) is 7. The highest BCUT2D eigenvalue weighted by Gasteiger charge is 2.15. The van der Waals surface area contributed by atoms with Crippen LogP contribution >= 0.6 is 0 Å². The lowest BCUT2D eigenvalue weighted by molar-refractivity contribution is -0.384. The van der Waals surface area contributed by atoms with E-state index < -0.39 is 4.92 Å². The number of nitrogens with two attached hydrogens (primary N) is 1. The Morgan fingerprint density at radius 2 is 2.08 bits per heavy atom. The lowest BCUT2D eigenvalue weighted by Gasteiger charge is -2.03. The molecular formula is C15H10N6O3. The van der Waals surface area contributed by atoms with Crippen molar-refractivity contribution in [1.82, 2.24) is 19.6 Å². The van der Waals surface area contributed by atoms with E-state index in [0.717, 1.165) is 0 Å². The van der Waals surface area contributed by atoms with Crippen LogP contribution < -0.4 is 5.73 Å². The van der Waals surface area contributed by atoms with Crippen LogP contribution in [-0.2, 0) is 0 Å². The largest absolute Gasteiger partial charge is 0.461 e. The maximum absolute atomic E-state index is 10.9. The van der Waals surface area contributed by atoms with Crippen molar-refractivity contribution < 1.29 is 9.34 Å². The minimum Gasteiger partial charge on any atom is -0.461 e. The van der Waals surface area contributed by atoms with Gasteiger partial charge in [-0.1, -0.05) is 12.1 Å². The topological polar surface area (TPSA) is 125 Å². The molecule has 0 fully saturated rings. The normalized spacial score (nSPS) is 11.0. The van der Waals surface area contributed by atoms with Crippen molar-refractivity contribution in [1.29, 1.82) is 0 Å². The molecule has 2 N–H and O–H groups in total. The van der Waals surface area contributed by atoms with Crippen molar-refractivity contribution in [2.45, 2.75) is 0 Å². The van der Waals surface area contributed by atoms with Gasteiger partial charge in [0.1, 0.15) is 0 Å². The van der Waals surface area contributed by atoms with Crippen molar-refractivity contribution in [3.8, 4) is 22.8 Å². The summed E-state index contributed by atoms with van der Waals surface area (Å²) in [5.74, 6) is 1.06. The van der Waals surface area contributed by atoms with Gasteiger partial charge in [0.15, 0.2) is 17.2 Å². The number of aromatic nitrogens is 4. The number of nitro benzene ring substituents is 1. The van der Waals surface area contributed by atoms with Gasteiger partial charge in [0.05, 0.1) is 23.1 Å². The zero-order chi connectivity index (χ0) is 16.7. The third kappa shape index (κ3) is 2.24. The predicted molar refractivity (Wildman–Crippen MR) is 85.0 cm³/mol. The second kappa shape index (κ2) is 5.16. The maximum Gasteiger partial charge on any atom is 0.270 e. The fourth-order valence-corrected chi connectivity index (χ4v) is 2.34. The predicted octanol–water partition coefficient (Wildman–Crippen LogP) is 2.54. The minimum atomic E-state index is -0.462. The summed E-state index contributed by atoms with van der Waals surface area (Å²) < 4.78 is 6.75. The Hall–Kier alpha value is -3.75. The molecule has 0 spiro atoms. The van der Waals surface area contributed by atoms with Crippen molar-refractivity contribution in [2.75, 3.05) is 5.73 Å². The van der Waals surface area contributed by atoms with Crippen molar-refractivity contribution in [3.05, 3.63) is 59.0 Å². The van der Waals surface area contributed by atoms with Gasteiger partial charge in [-0.05, 0) is 12.1 Å². The van der Waals surface area contributed by atoms with Crippen LogP contribution in [0.4, 0.5) is 11.5 Å². The maximum atomic E-state index is 10.9. The Kier molecular flexibility index (Phi) is 2.98. The number of hydrogen-bond donors (Lipinski definition) is 1. The smallest absolute Gasteiger partial charge is 0.270 e. The van der Waals surface area contributed by atoms with Crippen LogP contribution in [0.15, 0.2) is 53.3 Å². The molecule has 0 aliphatic carbocycles. The molecule has 0 aliphatic heterocycles. The molecule has 0 aliphatic rings. The van der Waals surface area contributed by atoms with Crippen LogP contribution in [0.25, 0.3) is 28.5 Å². The number of fused-ring (bicyclic) bond motifs is 1. The summed E-state index contributed by atoms with van der Waals surface area (Å²) in [5, 5.41) is 15.2. The first-order chi connectivity index (χ1) is 11.6. The van der Waals surface area contributed by atoms with Crippen LogP contribution in [0.3, 0.4) is 0 Å². The summed E-state index contributed by atoms with van der Waals surface area (Å²) in [6.07, 6.45) is 3.14. The molecule has 118 valence electrons. The average molecular weight is 322 g/mol. The lowest BCUT2D eigenvalue weighted by atomic mass is 10.1. The Morgan fingerprint density at radius 3 is 2.83 bits per heavy atom. The molecule has 9 nitrogen and oxygen atoms in total. The first-order valence-electron chi connectivity index (χ1n) is 6.93. The van der Waals surface area contributed by atoms with E-state index in [2.05, 4.69) is 15.1 Å². The lowest BCUT2D eigenvalue weighted by Crippen LogP contribution is -2.00. The molecule has 1 aromatic carbocycles. The summed E-state index contributed by atoms with van der Waals surface area (Å²) in [4.78, 5) is 19.0. The van der Waals surface area contributed by atoms with Gasteiger partial charge < -0.3 is 10.2 Å². The Morgan fingerprint density at radius 1 is 1.21 bits per heavy atom. The second-order valence-electron chi connectivity index (χ2n) is 5.00. The quantitative estimate of drug-likeness (QED) is 0.453. The monoisotopic (exact) mass is 322 g/mol. The third-order valence-corrected chi connectivity index (χ3v) is 3.44. The Bertz CT molecular complexity index is 1050. The van der Waals surface area contributed by atoms with Gasteiger partial charge in [0.25, 0.3) is 5.69 Å². The summed E-state index contributed by atoms with van der Waals surface area (Å²) in [6.45, 7) is 0. The van der Waals surface area contributed by atoms with Crippen LogP contribution in [0.2, 0.25) is 0 Å². The highest BCUT2D eigenvalue weighted by atomic mass is 16.6. The van der Waals surface area contributed by atoms with Crippen molar-refractivity contribution >= 4 is 17.2 Å². The third-order valence-electron chi connectivity index (χ3n) is 3.44. The van der Waals surface area contributed by atoms with E-state index >= 15 is 0 Å². The minimum absolute atomic E-state index is 0.0252. The first kappa shape index (κ1) is 13.9. The Labute approximate surface area is 134 Å². The number of nitro groups is 1. The summed E-state index contributed by atoms with van der Waals surface area (Å²) in [7, 11) is 0. The van der Waals surface area contributed by atoms with Gasteiger partial charge in [0, 0.05) is 17.7 Å². The van der Waals surface area contributed by atoms with Crippen LogP contribution in [-0.4, -0.2) is 24.5 Å². The zero-order valence-corrected chi connectivity index (χ0v) is 12.2. The van der Waals surface area contributed by atoms with Gasteiger partial charge in [-0.2, -0.15) is 0 Å². The fraction of sp³-hybridized carbons (Fsp3) is 0. The number of non-ortho nitro benzene ring substituents is 1. The molecule has 0 radical (unpaired) electrons. The molecule has 3 heterocycles. The van der Waals surface area contributed by atoms with Crippen molar-refractivity contribution in [3.63, 3.8) is 0 Å². The van der Waals surface area contributed by atoms with Crippen LogP contribution in [0.1, 0.15) is 0 Å². The summed E-state index contributed by atoms with van der Waals surface area (Å²) >= 11 is 0. The molecule has 4 aromatic rings. The summed E-state index contributed by atoms with van der Waals surface area (Å²) in [6, 6.07) is 9.61. The molecule has 0 unspecified atom stereocenters. The highest BCUT2D eigenvalue weighted by Crippen LogP contribution is 2.25. The number of furan rings is 1. The van der Waals surface area contributed by atoms with Gasteiger partial charge >= 0.3 is 0 Å². The van der Waals surface area contributed by atoms with Crippen LogP contribution in [0, 0.1) is 10.1 Å². The zero-order valence-electron chi connectivity index (χ0n) is 12.2. The van der Waals surface area contributed by atoms with E-state index in [0.29, 0.717) is 28.5 Å². The van der Waals surface area contributed by atoms with Gasteiger partial charge in [-0.25, -0.2) is 14.5 Å². The van der Waals surface area contributed by atoms with Gasteiger partial charge in [0.2, 0.25) is 5.82 Å². The number of anilines is 1. The molecule has 0 atom stereocenters. The van der Waals surface area contributed by atoms with Gasteiger partial charge in [-0.15, -0.1) is 5.10 Å². The number of nitrogens with zero attached hydrogens (tertiary/aromatic N) is 5. The van der Waals surface area contributed by atoms with E-state index in [-0.39, 0.29) is 11.5 Å². The first-order valence-corrected chi connectivity index (χ1v) is 6.93.